The van der Waals surface area contributed by atoms with Crippen molar-refractivity contribution < 1.29 is 14.3 Å². The Kier molecular flexibility index (Phi) is 5.54. The Hall–Kier alpha value is -3.58. The smallest absolute Gasteiger partial charge is 0.328 e. The summed E-state index contributed by atoms with van der Waals surface area (Å²) in [7, 11) is 1.31. The first kappa shape index (κ1) is 19.7. The number of benzene rings is 2. The normalized spacial score (nSPS) is 13.3. The first-order valence-corrected chi connectivity index (χ1v) is 9.80. The summed E-state index contributed by atoms with van der Waals surface area (Å²) >= 11 is 0. The second-order valence-electron chi connectivity index (χ2n) is 7.32. The van der Waals surface area contributed by atoms with Gasteiger partial charge in [-0.15, -0.1) is 0 Å². The standard InChI is InChI=1S/C23H24N4O3/c1-30-23(29)21(11-15-13-26-20-9-5-3-7-17(15)20)27-22(28)18(24)10-14-12-25-19-8-4-2-6-16(14)19/h2-9,12-13,18,21,25-26H,10-11,24H2,1H3,(H,27,28)/t18-,21+/m0/s1. The van der Waals surface area contributed by atoms with Crippen LogP contribution in [0.1, 0.15) is 11.1 Å². The van der Waals surface area contributed by atoms with Gasteiger partial charge in [0.25, 0.3) is 0 Å². The fourth-order valence-corrected chi connectivity index (χ4v) is 3.76. The highest BCUT2D eigenvalue weighted by Gasteiger charge is 2.26. The minimum Gasteiger partial charge on any atom is -0.467 e. The van der Waals surface area contributed by atoms with Crippen molar-refractivity contribution >= 4 is 33.7 Å². The Morgan fingerprint density at radius 3 is 2.03 bits per heavy atom. The van der Waals surface area contributed by atoms with Crippen molar-refractivity contribution in [3.63, 3.8) is 0 Å². The number of rotatable bonds is 7. The topological polar surface area (TPSA) is 113 Å². The average molecular weight is 404 g/mol. The van der Waals surface area contributed by atoms with Crippen molar-refractivity contribution in [2.45, 2.75) is 24.9 Å². The molecule has 30 heavy (non-hydrogen) atoms. The van der Waals surface area contributed by atoms with Gasteiger partial charge in [-0.25, -0.2) is 4.79 Å². The number of ether oxygens (including phenoxy) is 1. The number of fused-ring (bicyclic) bond motifs is 2. The SMILES string of the molecule is COC(=O)[C@@H](Cc1c[nH]c2ccccc12)NC(=O)[C@@H](N)Cc1c[nH]c2ccccc12. The van der Waals surface area contributed by atoms with Crippen LogP contribution in [0.25, 0.3) is 21.8 Å². The molecule has 2 aromatic heterocycles. The molecule has 0 saturated heterocycles. The van der Waals surface area contributed by atoms with Crippen LogP contribution in [0.2, 0.25) is 0 Å². The number of carbonyl (C=O) groups excluding carboxylic acids is 2. The molecule has 4 rings (SSSR count). The summed E-state index contributed by atoms with van der Waals surface area (Å²) in [5, 5.41) is 4.80. The highest BCUT2D eigenvalue weighted by Crippen LogP contribution is 2.20. The quantitative estimate of drug-likeness (QED) is 0.354. The maximum absolute atomic E-state index is 12.8. The van der Waals surface area contributed by atoms with Gasteiger partial charge >= 0.3 is 5.97 Å². The van der Waals surface area contributed by atoms with Crippen molar-refractivity contribution in [1.29, 1.82) is 0 Å². The minimum atomic E-state index is -0.823. The molecular formula is C23H24N4O3. The van der Waals surface area contributed by atoms with E-state index in [9.17, 15) is 9.59 Å². The number of hydrogen-bond acceptors (Lipinski definition) is 4. The number of amides is 1. The van der Waals surface area contributed by atoms with Gasteiger partial charge in [-0.2, -0.15) is 0 Å². The number of aromatic amines is 2. The van der Waals surface area contributed by atoms with Gasteiger partial charge in [-0.1, -0.05) is 36.4 Å². The summed E-state index contributed by atoms with van der Waals surface area (Å²) in [5.41, 5.74) is 10.0. The molecule has 0 aliphatic carbocycles. The van der Waals surface area contributed by atoms with E-state index in [1.807, 2.05) is 60.9 Å². The number of carbonyl (C=O) groups is 2. The van der Waals surface area contributed by atoms with Crippen LogP contribution < -0.4 is 11.1 Å². The third-order valence-corrected chi connectivity index (χ3v) is 5.35. The average Bonchev–Trinajstić information content (AvgIpc) is 3.37. The van der Waals surface area contributed by atoms with Crippen molar-refractivity contribution in [3.8, 4) is 0 Å². The van der Waals surface area contributed by atoms with Gasteiger partial charge in [-0.3, -0.25) is 4.79 Å². The second kappa shape index (κ2) is 8.42. The number of nitrogens with two attached hydrogens (primary N) is 1. The predicted molar refractivity (Wildman–Crippen MR) is 116 cm³/mol. The molecule has 0 spiro atoms. The van der Waals surface area contributed by atoms with E-state index in [1.165, 1.54) is 7.11 Å². The summed E-state index contributed by atoms with van der Waals surface area (Å²) in [6.45, 7) is 0. The molecule has 0 saturated carbocycles. The van der Waals surface area contributed by atoms with Crippen LogP contribution in [-0.4, -0.2) is 41.0 Å². The van der Waals surface area contributed by atoms with Crippen LogP contribution in [-0.2, 0) is 27.2 Å². The molecule has 0 bridgehead atoms. The number of para-hydroxylation sites is 2. The van der Waals surface area contributed by atoms with Crippen molar-refractivity contribution in [2.75, 3.05) is 7.11 Å². The van der Waals surface area contributed by atoms with E-state index in [-0.39, 0.29) is 0 Å². The number of H-pyrrole nitrogens is 2. The molecule has 0 unspecified atom stereocenters. The molecule has 2 heterocycles. The van der Waals surface area contributed by atoms with E-state index in [0.29, 0.717) is 12.8 Å². The first-order chi connectivity index (χ1) is 14.6. The highest BCUT2D eigenvalue weighted by atomic mass is 16.5. The van der Waals surface area contributed by atoms with Crippen LogP contribution in [0.15, 0.2) is 60.9 Å². The van der Waals surface area contributed by atoms with Gasteiger partial charge in [0, 0.05) is 40.6 Å². The van der Waals surface area contributed by atoms with Gasteiger partial charge in [0.2, 0.25) is 5.91 Å². The van der Waals surface area contributed by atoms with Crippen molar-refractivity contribution in [2.24, 2.45) is 5.73 Å². The third kappa shape index (κ3) is 3.92. The van der Waals surface area contributed by atoms with Gasteiger partial charge in [-0.05, 0) is 29.7 Å². The zero-order valence-electron chi connectivity index (χ0n) is 16.6. The number of methoxy groups -OCH3 is 1. The van der Waals surface area contributed by atoms with Crippen LogP contribution >= 0.6 is 0 Å². The van der Waals surface area contributed by atoms with E-state index in [4.69, 9.17) is 10.5 Å². The lowest BCUT2D eigenvalue weighted by molar-refractivity contribution is -0.145. The summed E-state index contributed by atoms with van der Waals surface area (Å²) in [6.07, 6.45) is 4.37. The second-order valence-corrected chi connectivity index (χ2v) is 7.32. The molecule has 0 radical (unpaired) electrons. The van der Waals surface area contributed by atoms with E-state index in [0.717, 1.165) is 32.9 Å². The lowest BCUT2D eigenvalue weighted by atomic mass is 10.0. The maximum atomic E-state index is 12.8. The predicted octanol–water partition coefficient (Wildman–Crippen LogP) is 2.42. The molecule has 5 N–H and O–H groups in total. The number of nitrogens with one attached hydrogen (secondary N) is 3. The molecule has 2 atom stereocenters. The Labute approximate surface area is 173 Å². The number of esters is 1. The van der Waals surface area contributed by atoms with Gasteiger partial charge in [0.05, 0.1) is 13.2 Å². The first-order valence-electron chi connectivity index (χ1n) is 9.80. The van der Waals surface area contributed by atoms with E-state index < -0.39 is 24.0 Å². The molecular weight excluding hydrogens is 380 g/mol. The molecule has 7 nitrogen and oxygen atoms in total. The summed E-state index contributed by atoms with van der Waals surface area (Å²) in [6, 6.07) is 14.0. The zero-order chi connectivity index (χ0) is 21.1. The molecule has 2 aromatic carbocycles. The van der Waals surface area contributed by atoms with Crippen LogP contribution in [0.4, 0.5) is 0 Å². The zero-order valence-corrected chi connectivity index (χ0v) is 16.6. The summed E-state index contributed by atoms with van der Waals surface area (Å²) < 4.78 is 4.91. The van der Waals surface area contributed by atoms with Crippen LogP contribution in [0.5, 0.6) is 0 Å². The van der Waals surface area contributed by atoms with Gasteiger partial charge in [0.15, 0.2) is 0 Å². The maximum Gasteiger partial charge on any atom is 0.328 e. The Morgan fingerprint density at radius 1 is 0.933 bits per heavy atom. The Balaban J connectivity index is 1.48. The van der Waals surface area contributed by atoms with Crippen LogP contribution in [0.3, 0.4) is 0 Å². The monoisotopic (exact) mass is 404 g/mol. The molecule has 0 aliphatic heterocycles. The van der Waals surface area contributed by atoms with Crippen molar-refractivity contribution in [1.82, 2.24) is 15.3 Å². The molecule has 154 valence electrons. The molecule has 1 amide bonds. The van der Waals surface area contributed by atoms with Gasteiger partial charge < -0.3 is 25.8 Å². The highest BCUT2D eigenvalue weighted by molar-refractivity contribution is 5.90. The number of hydrogen-bond donors (Lipinski definition) is 4. The largest absolute Gasteiger partial charge is 0.467 e. The van der Waals surface area contributed by atoms with Gasteiger partial charge in [0.1, 0.15) is 6.04 Å². The lowest BCUT2D eigenvalue weighted by Gasteiger charge is -2.19. The lowest BCUT2D eigenvalue weighted by Crippen LogP contribution is -2.50. The molecule has 0 fully saturated rings. The Bertz CT molecular complexity index is 1190. The summed E-state index contributed by atoms with van der Waals surface area (Å²) in [4.78, 5) is 31.5. The van der Waals surface area contributed by atoms with E-state index in [2.05, 4.69) is 15.3 Å². The van der Waals surface area contributed by atoms with Crippen molar-refractivity contribution in [3.05, 3.63) is 72.1 Å². The molecule has 0 aliphatic rings. The fourth-order valence-electron chi connectivity index (χ4n) is 3.76. The fraction of sp³-hybridized carbons (Fsp3) is 0.217. The Morgan fingerprint density at radius 2 is 1.47 bits per heavy atom. The number of aromatic nitrogens is 2. The minimum absolute atomic E-state index is 0.308. The third-order valence-electron chi connectivity index (χ3n) is 5.35. The van der Waals surface area contributed by atoms with Crippen LogP contribution in [0, 0.1) is 0 Å². The molecule has 4 aromatic rings. The molecule has 7 heteroatoms. The van der Waals surface area contributed by atoms with E-state index >= 15 is 0 Å². The van der Waals surface area contributed by atoms with E-state index in [1.54, 1.807) is 0 Å². The summed E-state index contributed by atoms with van der Waals surface area (Å²) in [5.74, 6) is -0.900.